The van der Waals surface area contributed by atoms with Gasteiger partial charge >= 0.3 is 0 Å². The van der Waals surface area contributed by atoms with Gasteiger partial charge in [-0.25, -0.2) is 0 Å². The molecular formula is C40H82O38. The van der Waals surface area contributed by atoms with Crippen LogP contribution in [0.2, 0.25) is 0 Å². The number of carboxylic acid groups (broad SMARTS) is 19. The Labute approximate surface area is 446 Å². The molecule has 19 N–H and O–H groups in total. The van der Waals surface area contributed by atoms with Crippen LogP contribution in [0.1, 0.15) is 145 Å². The minimum Gasteiger partial charge on any atom is -0.481 e. The molecule has 0 amide bonds. The van der Waals surface area contributed by atoms with Gasteiger partial charge in [0.1, 0.15) is 0 Å². The highest BCUT2D eigenvalue weighted by molar-refractivity contribution is 5.67. The quantitative estimate of drug-likeness (QED) is 0.166. The lowest BCUT2D eigenvalue weighted by molar-refractivity contribution is -0.135. The van der Waals surface area contributed by atoms with E-state index in [2.05, 4.69) is 0 Å². The molecule has 0 aliphatic heterocycles. The lowest BCUT2D eigenvalue weighted by atomic mass is 10.9. The summed E-state index contributed by atoms with van der Waals surface area (Å²) < 4.78 is 0. The summed E-state index contributed by atoms with van der Waals surface area (Å²) in [6.45, 7) is 24.6. The minimum atomic E-state index is -0.833. The molecule has 0 fully saturated rings. The third-order valence-electron chi connectivity index (χ3n) is 0. The van der Waals surface area contributed by atoms with Crippen LogP contribution >= 0.6 is 0 Å². The van der Waals surface area contributed by atoms with Gasteiger partial charge in [-0.15, -0.1) is 0 Å². The highest BCUT2D eigenvalue weighted by Crippen LogP contribution is 1.48. The minimum absolute atomic E-state index is 0.833. The molecule has 38 heteroatoms. The van der Waals surface area contributed by atoms with Crippen molar-refractivity contribution < 1.29 is 188 Å². The molecule has 0 saturated carbocycles. The fraction of sp³-hybridized carbons (Fsp3) is 0.525. The van der Waals surface area contributed by atoms with Crippen molar-refractivity contribution in [1.29, 1.82) is 0 Å². The van der Waals surface area contributed by atoms with Crippen LogP contribution < -0.4 is 0 Å². The monoisotopic (exact) mass is 1170 g/mol. The van der Waals surface area contributed by atoms with Gasteiger partial charge in [0.15, 0.2) is 0 Å². The van der Waals surface area contributed by atoms with E-state index in [1.807, 2.05) is 13.8 Å². The molecule has 38 nitrogen and oxygen atoms in total. The van der Waals surface area contributed by atoms with Crippen molar-refractivity contribution in [1.82, 2.24) is 0 Å². The zero-order chi connectivity index (χ0) is 70.0. The van der Waals surface area contributed by atoms with Gasteiger partial charge in [-0.05, 0) is 0 Å². The van der Waals surface area contributed by atoms with Crippen LogP contribution in [0, 0.1) is 0 Å². The van der Waals surface area contributed by atoms with E-state index >= 15 is 0 Å². The van der Waals surface area contributed by atoms with E-state index in [0.29, 0.717) is 0 Å². The zero-order valence-electron chi connectivity index (χ0n) is 46.8. The van der Waals surface area contributed by atoms with Crippen LogP contribution in [0.3, 0.4) is 0 Å². The molecule has 78 heavy (non-hydrogen) atoms. The van der Waals surface area contributed by atoms with Crippen LogP contribution in [-0.4, -0.2) is 210 Å². The van der Waals surface area contributed by atoms with Crippen LogP contribution in [-0.2, 0) is 91.1 Å². The SMILES string of the molecule is CC.CC(=O)O.CC(=O)O.CC(=O)O.CC(=O)O.CC(=O)O.CC(=O)O.CC(=O)O.CC(=O)O.CC(=O)O.CC(=O)O.CC(=O)O.CC(=O)O.CC(=O)O.CC(=O)O.CC(=O)O.CC(=O)O.CC(=O)O.CC(=O)O.CC(=O)O. The molecule has 0 unspecified atom stereocenters. The Bertz CT molecular complexity index is 1000. The standard InChI is InChI=1S/19C2H4O2.C2H6/c19*1-2(3)4;1-2/h19*1H3,(H,3,4);1-2H3. The van der Waals surface area contributed by atoms with Gasteiger partial charge in [0, 0.05) is 132 Å². The highest BCUT2D eigenvalue weighted by Gasteiger charge is 1.71. The van der Waals surface area contributed by atoms with Gasteiger partial charge in [-0.3, -0.25) is 91.1 Å². The molecule has 0 aromatic carbocycles. The maximum absolute atomic E-state index is 9.00. The first-order valence-electron chi connectivity index (χ1n) is 18.6. The van der Waals surface area contributed by atoms with Crippen LogP contribution in [0.4, 0.5) is 0 Å². The van der Waals surface area contributed by atoms with E-state index < -0.39 is 113 Å². The zero-order valence-corrected chi connectivity index (χ0v) is 46.8. The van der Waals surface area contributed by atoms with Crippen molar-refractivity contribution in [2.75, 3.05) is 0 Å². The smallest absolute Gasteiger partial charge is 0.300 e. The highest BCUT2D eigenvalue weighted by atomic mass is 16.4. The molecule has 0 heterocycles. The van der Waals surface area contributed by atoms with Gasteiger partial charge in [0.25, 0.3) is 113 Å². The number of rotatable bonds is 0. The number of carboxylic acids is 19. The lowest BCUT2D eigenvalue weighted by Crippen LogP contribution is -1.78. The second-order valence-electron chi connectivity index (χ2n) is 9.86. The molecule has 0 aromatic rings. The Morgan fingerprint density at radius 2 is 0.115 bits per heavy atom. The Morgan fingerprint density at radius 1 is 0.115 bits per heavy atom. The molecule has 0 atom stereocenters. The third kappa shape index (κ3) is 2740. The summed E-state index contributed by atoms with van der Waals surface area (Å²) in [7, 11) is 0. The summed E-state index contributed by atoms with van der Waals surface area (Å²) in [5.74, 6) is -15.8. The van der Waals surface area contributed by atoms with E-state index in [9.17, 15) is 0 Å². The van der Waals surface area contributed by atoms with Gasteiger partial charge in [0.2, 0.25) is 0 Å². The Kier molecular flexibility index (Phi) is 224. The number of hydrogen-bond acceptors (Lipinski definition) is 19. The first-order valence-corrected chi connectivity index (χ1v) is 18.6. The number of aliphatic carboxylic acids is 19. The summed E-state index contributed by atoms with van der Waals surface area (Å²) in [5, 5.41) is 141. The van der Waals surface area contributed by atoms with E-state index in [1.54, 1.807) is 0 Å². The van der Waals surface area contributed by atoms with Crippen molar-refractivity contribution >= 4 is 113 Å². The predicted molar refractivity (Wildman–Crippen MR) is 264 cm³/mol. The lowest BCUT2D eigenvalue weighted by Gasteiger charge is -1.59. The van der Waals surface area contributed by atoms with Crippen molar-refractivity contribution in [2.24, 2.45) is 0 Å². The molecule has 0 aliphatic carbocycles. The summed E-state index contributed by atoms with van der Waals surface area (Å²) >= 11 is 0. The molecule has 0 saturated heterocycles. The molecule has 0 spiro atoms. The molecule has 470 valence electrons. The van der Waals surface area contributed by atoms with E-state index in [4.69, 9.17) is 188 Å². The molecular weight excluding hydrogens is 1090 g/mol. The fourth-order valence-corrected chi connectivity index (χ4v) is 0. The van der Waals surface area contributed by atoms with Crippen LogP contribution in [0.25, 0.3) is 0 Å². The second-order valence-corrected chi connectivity index (χ2v) is 9.86. The molecule has 0 rings (SSSR count). The first-order chi connectivity index (χ1) is 33.9. The molecule has 0 aliphatic rings. The summed E-state index contributed by atoms with van der Waals surface area (Å²) in [4.78, 5) is 171. The van der Waals surface area contributed by atoms with Crippen molar-refractivity contribution in [3.05, 3.63) is 0 Å². The predicted octanol–water partition coefficient (Wildman–Crippen LogP) is 2.75. The van der Waals surface area contributed by atoms with E-state index in [0.717, 1.165) is 132 Å². The van der Waals surface area contributed by atoms with Crippen LogP contribution in [0.15, 0.2) is 0 Å². The Balaban J connectivity index is -0.0000000252. The van der Waals surface area contributed by atoms with Gasteiger partial charge in [-0.1, -0.05) is 13.8 Å². The number of carbonyl (C=O) groups is 19. The summed E-state index contributed by atoms with van der Waals surface area (Å²) in [6.07, 6.45) is 0. The Morgan fingerprint density at radius 3 is 0.115 bits per heavy atom. The third-order valence-corrected chi connectivity index (χ3v) is 0. The van der Waals surface area contributed by atoms with Crippen molar-refractivity contribution in [3.8, 4) is 0 Å². The maximum Gasteiger partial charge on any atom is 0.300 e. The van der Waals surface area contributed by atoms with Gasteiger partial charge in [-0.2, -0.15) is 0 Å². The average molecular weight is 1170 g/mol. The molecule has 0 radical (unpaired) electrons. The normalized spacial score (nSPS) is 6.17. The molecule has 0 aromatic heterocycles. The largest absolute Gasteiger partial charge is 0.481 e. The first kappa shape index (κ1) is 132. The van der Waals surface area contributed by atoms with Crippen LogP contribution in [0.5, 0.6) is 0 Å². The topological polar surface area (TPSA) is 709 Å². The fourth-order valence-electron chi connectivity index (χ4n) is 0. The van der Waals surface area contributed by atoms with Crippen molar-refractivity contribution in [2.45, 2.75) is 145 Å². The molecule has 0 bridgehead atoms. The van der Waals surface area contributed by atoms with Gasteiger partial charge in [0.05, 0.1) is 0 Å². The maximum atomic E-state index is 9.00. The summed E-state index contributed by atoms with van der Waals surface area (Å²) in [5.41, 5.74) is 0. The van der Waals surface area contributed by atoms with E-state index in [1.165, 1.54) is 0 Å². The summed E-state index contributed by atoms with van der Waals surface area (Å²) in [6, 6.07) is 0. The van der Waals surface area contributed by atoms with Gasteiger partial charge < -0.3 is 97.0 Å². The van der Waals surface area contributed by atoms with Crippen molar-refractivity contribution in [3.63, 3.8) is 0 Å². The second kappa shape index (κ2) is 132. The Hall–Kier alpha value is -10.1. The number of hydrogen-bond donors (Lipinski definition) is 19. The average Bonchev–Trinajstić information content (AvgIpc) is 3.00. The van der Waals surface area contributed by atoms with E-state index in [-0.39, 0.29) is 0 Å².